The van der Waals surface area contributed by atoms with Gasteiger partial charge in [-0.25, -0.2) is 0 Å². The zero-order chi connectivity index (χ0) is 11.1. The van der Waals surface area contributed by atoms with Gasteiger partial charge in [-0.1, -0.05) is 6.07 Å². The Hall–Kier alpha value is -1.22. The lowest BCUT2D eigenvalue weighted by Crippen LogP contribution is -2.23. The van der Waals surface area contributed by atoms with Crippen LogP contribution >= 0.6 is 0 Å². The van der Waals surface area contributed by atoms with E-state index in [0.29, 0.717) is 19.0 Å². The van der Waals surface area contributed by atoms with Gasteiger partial charge in [-0.15, -0.1) is 0 Å². The maximum Gasteiger partial charge on any atom is 0.167 e. The zero-order valence-electron chi connectivity index (χ0n) is 9.33. The topological polar surface area (TPSA) is 38.7 Å². The number of benzene rings is 1. The van der Waals surface area contributed by atoms with E-state index >= 15 is 0 Å². The predicted octanol–water partition coefficient (Wildman–Crippen LogP) is 1.99. The molecule has 1 aliphatic heterocycles. The third-order valence-electron chi connectivity index (χ3n) is 2.53. The highest BCUT2D eigenvalue weighted by Gasteiger charge is 2.27. The fraction of sp³-hybridized carbons (Fsp3) is 0.500. The van der Waals surface area contributed by atoms with E-state index in [1.807, 2.05) is 19.1 Å². The van der Waals surface area contributed by atoms with E-state index in [0.717, 1.165) is 16.9 Å². The van der Waals surface area contributed by atoms with Crippen LogP contribution in [-0.2, 0) is 5.60 Å². The van der Waals surface area contributed by atoms with Crippen LogP contribution in [0.25, 0.3) is 0 Å². The second-order valence-electron chi connectivity index (χ2n) is 4.34. The van der Waals surface area contributed by atoms with Crippen molar-refractivity contribution in [3.8, 4) is 11.5 Å². The SMILES string of the molecule is Cc1ccc2c(c1C(C)(C)O)OCCO2. The van der Waals surface area contributed by atoms with Crippen LogP contribution in [0, 0.1) is 6.92 Å². The zero-order valence-corrected chi connectivity index (χ0v) is 9.33. The van der Waals surface area contributed by atoms with E-state index in [1.165, 1.54) is 0 Å². The molecule has 0 radical (unpaired) electrons. The van der Waals surface area contributed by atoms with Crippen molar-refractivity contribution < 1.29 is 14.6 Å². The monoisotopic (exact) mass is 208 g/mol. The van der Waals surface area contributed by atoms with Crippen LogP contribution in [0.2, 0.25) is 0 Å². The van der Waals surface area contributed by atoms with Crippen molar-refractivity contribution in [3.63, 3.8) is 0 Å². The van der Waals surface area contributed by atoms with E-state index in [2.05, 4.69) is 0 Å². The summed E-state index contributed by atoms with van der Waals surface area (Å²) in [7, 11) is 0. The molecule has 82 valence electrons. The summed E-state index contributed by atoms with van der Waals surface area (Å²) in [6, 6.07) is 3.83. The number of ether oxygens (including phenoxy) is 2. The fourth-order valence-corrected chi connectivity index (χ4v) is 1.97. The smallest absolute Gasteiger partial charge is 0.167 e. The molecule has 1 N–H and O–H groups in total. The van der Waals surface area contributed by atoms with Crippen molar-refractivity contribution in [3.05, 3.63) is 23.3 Å². The van der Waals surface area contributed by atoms with Crippen molar-refractivity contribution in [2.45, 2.75) is 26.4 Å². The first-order valence-electron chi connectivity index (χ1n) is 5.12. The molecule has 0 amide bonds. The number of fused-ring (bicyclic) bond motifs is 1. The largest absolute Gasteiger partial charge is 0.486 e. The molecule has 0 unspecified atom stereocenters. The molecule has 0 atom stereocenters. The van der Waals surface area contributed by atoms with Crippen LogP contribution in [0.3, 0.4) is 0 Å². The summed E-state index contributed by atoms with van der Waals surface area (Å²) in [5, 5.41) is 10.1. The molecular formula is C12H16O3. The molecular weight excluding hydrogens is 192 g/mol. The Morgan fingerprint density at radius 2 is 1.87 bits per heavy atom. The van der Waals surface area contributed by atoms with Crippen LogP contribution in [0.1, 0.15) is 25.0 Å². The molecule has 0 saturated heterocycles. The van der Waals surface area contributed by atoms with Crippen molar-refractivity contribution in [2.24, 2.45) is 0 Å². The van der Waals surface area contributed by atoms with Gasteiger partial charge in [0.1, 0.15) is 13.2 Å². The van der Waals surface area contributed by atoms with E-state index in [-0.39, 0.29) is 0 Å². The van der Waals surface area contributed by atoms with Gasteiger partial charge >= 0.3 is 0 Å². The summed E-state index contributed by atoms with van der Waals surface area (Å²) in [6.45, 7) is 6.59. The van der Waals surface area contributed by atoms with Crippen LogP contribution in [0.4, 0.5) is 0 Å². The van der Waals surface area contributed by atoms with Crippen LogP contribution in [0.15, 0.2) is 12.1 Å². The molecule has 3 nitrogen and oxygen atoms in total. The van der Waals surface area contributed by atoms with Crippen molar-refractivity contribution in [1.82, 2.24) is 0 Å². The van der Waals surface area contributed by atoms with Crippen molar-refractivity contribution >= 4 is 0 Å². The Morgan fingerprint density at radius 3 is 2.53 bits per heavy atom. The number of aryl methyl sites for hydroxylation is 1. The van der Waals surface area contributed by atoms with Gasteiger partial charge in [0.05, 0.1) is 5.60 Å². The number of hydrogen-bond acceptors (Lipinski definition) is 3. The molecule has 15 heavy (non-hydrogen) atoms. The Kier molecular flexibility index (Phi) is 2.35. The second kappa shape index (κ2) is 3.42. The highest BCUT2D eigenvalue weighted by molar-refractivity contribution is 5.53. The van der Waals surface area contributed by atoms with Crippen molar-refractivity contribution in [2.75, 3.05) is 13.2 Å². The summed E-state index contributed by atoms with van der Waals surface area (Å²) in [5.41, 5.74) is 0.933. The fourth-order valence-electron chi connectivity index (χ4n) is 1.97. The Labute approximate surface area is 89.6 Å². The molecule has 0 saturated carbocycles. The molecule has 0 aromatic heterocycles. The summed E-state index contributed by atoms with van der Waals surface area (Å²) in [5.74, 6) is 1.41. The Bertz CT molecular complexity index is 377. The molecule has 0 fully saturated rings. The van der Waals surface area contributed by atoms with E-state index in [1.54, 1.807) is 13.8 Å². The highest BCUT2D eigenvalue weighted by atomic mass is 16.6. The minimum absolute atomic E-state index is 0.541. The van der Waals surface area contributed by atoms with Gasteiger partial charge < -0.3 is 14.6 Å². The first-order chi connectivity index (χ1) is 7.00. The van der Waals surface area contributed by atoms with Gasteiger partial charge in [0.25, 0.3) is 0 Å². The molecule has 2 rings (SSSR count). The molecule has 1 aromatic rings. The molecule has 0 aliphatic carbocycles. The maximum absolute atomic E-state index is 10.1. The summed E-state index contributed by atoms with van der Waals surface area (Å²) >= 11 is 0. The second-order valence-corrected chi connectivity index (χ2v) is 4.34. The maximum atomic E-state index is 10.1. The number of hydrogen-bond donors (Lipinski definition) is 1. The molecule has 1 aromatic carbocycles. The normalized spacial score (nSPS) is 15.2. The quantitative estimate of drug-likeness (QED) is 0.767. The molecule has 0 spiro atoms. The third kappa shape index (κ3) is 1.79. The Balaban J connectivity index is 2.60. The lowest BCUT2D eigenvalue weighted by molar-refractivity contribution is 0.0695. The van der Waals surface area contributed by atoms with Crippen LogP contribution < -0.4 is 9.47 Å². The lowest BCUT2D eigenvalue weighted by Gasteiger charge is -2.28. The van der Waals surface area contributed by atoms with Gasteiger partial charge in [0, 0.05) is 5.56 Å². The standard InChI is InChI=1S/C12H16O3/c1-8-4-5-9-11(15-7-6-14-9)10(8)12(2,3)13/h4-5,13H,6-7H2,1-3H3. The summed E-state index contributed by atoms with van der Waals surface area (Å²) < 4.78 is 11.1. The molecule has 1 aliphatic rings. The van der Waals surface area contributed by atoms with Gasteiger partial charge in [0.15, 0.2) is 11.5 Å². The third-order valence-corrected chi connectivity index (χ3v) is 2.53. The predicted molar refractivity (Wildman–Crippen MR) is 57.4 cm³/mol. The van der Waals surface area contributed by atoms with Gasteiger partial charge in [-0.3, -0.25) is 0 Å². The number of aliphatic hydroxyl groups is 1. The average molecular weight is 208 g/mol. The molecule has 3 heteroatoms. The molecule has 0 bridgehead atoms. The summed E-state index contributed by atoms with van der Waals surface area (Å²) in [4.78, 5) is 0. The van der Waals surface area contributed by atoms with E-state index in [9.17, 15) is 5.11 Å². The average Bonchev–Trinajstić information content (AvgIpc) is 2.15. The van der Waals surface area contributed by atoms with Gasteiger partial charge in [0.2, 0.25) is 0 Å². The van der Waals surface area contributed by atoms with Gasteiger partial charge in [-0.2, -0.15) is 0 Å². The minimum atomic E-state index is -0.907. The highest BCUT2D eigenvalue weighted by Crippen LogP contribution is 2.41. The minimum Gasteiger partial charge on any atom is -0.486 e. The van der Waals surface area contributed by atoms with E-state index in [4.69, 9.17) is 9.47 Å². The van der Waals surface area contributed by atoms with E-state index < -0.39 is 5.60 Å². The lowest BCUT2D eigenvalue weighted by atomic mass is 9.92. The van der Waals surface area contributed by atoms with Crippen LogP contribution in [0.5, 0.6) is 11.5 Å². The first kappa shape index (κ1) is 10.3. The van der Waals surface area contributed by atoms with Crippen LogP contribution in [-0.4, -0.2) is 18.3 Å². The Morgan fingerprint density at radius 1 is 1.20 bits per heavy atom. The van der Waals surface area contributed by atoms with Gasteiger partial charge in [-0.05, 0) is 32.4 Å². The number of rotatable bonds is 1. The van der Waals surface area contributed by atoms with Crippen molar-refractivity contribution in [1.29, 1.82) is 0 Å². The molecule has 1 heterocycles. The summed E-state index contributed by atoms with van der Waals surface area (Å²) in [6.07, 6.45) is 0. The first-order valence-corrected chi connectivity index (χ1v) is 5.12.